The van der Waals surface area contributed by atoms with Crippen LogP contribution in [0.1, 0.15) is 19.8 Å². The highest BCUT2D eigenvalue weighted by atomic mass is 19.2. The molecule has 0 saturated carbocycles. The SMILES string of the molecule is CC1(O)CCCN(c2c(N)ccc(F)c2F)C1. The molecule has 94 valence electrons. The lowest BCUT2D eigenvalue weighted by Gasteiger charge is -2.38. The predicted octanol–water partition coefficient (Wildman–Crippen LogP) is 1.90. The molecule has 3 nitrogen and oxygen atoms in total. The molecule has 3 N–H and O–H groups in total. The van der Waals surface area contributed by atoms with E-state index in [0.717, 1.165) is 12.5 Å². The fourth-order valence-corrected chi connectivity index (χ4v) is 2.29. The van der Waals surface area contributed by atoms with E-state index in [1.54, 1.807) is 11.8 Å². The molecule has 0 radical (unpaired) electrons. The van der Waals surface area contributed by atoms with Gasteiger partial charge in [-0.3, -0.25) is 0 Å². The summed E-state index contributed by atoms with van der Waals surface area (Å²) in [5, 5.41) is 9.96. The lowest BCUT2D eigenvalue weighted by atomic mass is 9.94. The zero-order chi connectivity index (χ0) is 12.6. The number of nitrogens with zero attached hydrogens (tertiary/aromatic N) is 1. The van der Waals surface area contributed by atoms with Crippen molar-refractivity contribution in [2.75, 3.05) is 23.7 Å². The largest absolute Gasteiger partial charge is 0.397 e. The van der Waals surface area contributed by atoms with Crippen LogP contribution < -0.4 is 10.6 Å². The number of hydrogen-bond acceptors (Lipinski definition) is 3. The van der Waals surface area contributed by atoms with Gasteiger partial charge < -0.3 is 15.7 Å². The molecule has 2 rings (SSSR count). The van der Waals surface area contributed by atoms with Crippen molar-refractivity contribution in [3.63, 3.8) is 0 Å². The number of nitrogens with two attached hydrogens (primary N) is 1. The van der Waals surface area contributed by atoms with Crippen LogP contribution in [0.15, 0.2) is 12.1 Å². The second-order valence-corrected chi connectivity index (χ2v) is 4.82. The Morgan fingerprint density at radius 2 is 2.12 bits per heavy atom. The van der Waals surface area contributed by atoms with E-state index in [4.69, 9.17) is 5.73 Å². The quantitative estimate of drug-likeness (QED) is 0.739. The summed E-state index contributed by atoms with van der Waals surface area (Å²) in [6.45, 7) is 2.52. The smallest absolute Gasteiger partial charge is 0.184 e. The molecule has 1 aromatic rings. The first-order valence-corrected chi connectivity index (χ1v) is 5.61. The molecular weight excluding hydrogens is 226 g/mol. The molecule has 0 aromatic heterocycles. The molecule has 1 heterocycles. The molecule has 1 unspecified atom stereocenters. The summed E-state index contributed by atoms with van der Waals surface area (Å²) in [4.78, 5) is 1.61. The summed E-state index contributed by atoms with van der Waals surface area (Å²) in [6, 6.07) is 2.35. The zero-order valence-corrected chi connectivity index (χ0v) is 9.71. The fourth-order valence-electron chi connectivity index (χ4n) is 2.29. The second-order valence-electron chi connectivity index (χ2n) is 4.82. The van der Waals surface area contributed by atoms with E-state index in [9.17, 15) is 13.9 Å². The normalized spacial score (nSPS) is 25.1. The maximum atomic E-state index is 13.7. The van der Waals surface area contributed by atoms with Gasteiger partial charge in [0.2, 0.25) is 0 Å². The van der Waals surface area contributed by atoms with E-state index in [-0.39, 0.29) is 17.9 Å². The van der Waals surface area contributed by atoms with Gasteiger partial charge in [0, 0.05) is 13.1 Å². The average Bonchev–Trinajstić information content (AvgIpc) is 2.23. The number of β-amino-alcohol motifs (C(OH)–C–C–N with tert-alkyl or cyclic N) is 1. The van der Waals surface area contributed by atoms with Crippen LogP contribution in [0.2, 0.25) is 0 Å². The van der Waals surface area contributed by atoms with Crippen LogP contribution in [0.3, 0.4) is 0 Å². The molecule has 1 saturated heterocycles. The summed E-state index contributed by atoms with van der Waals surface area (Å²) < 4.78 is 26.9. The van der Waals surface area contributed by atoms with Gasteiger partial charge in [-0.05, 0) is 31.9 Å². The van der Waals surface area contributed by atoms with Gasteiger partial charge in [-0.25, -0.2) is 8.78 Å². The first kappa shape index (κ1) is 12.1. The molecule has 17 heavy (non-hydrogen) atoms. The van der Waals surface area contributed by atoms with Crippen molar-refractivity contribution in [3.8, 4) is 0 Å². The van der Waals surface area contributed by atoms with Crippen molar-refractivity contribution in [2.45, 2.75) is 25.4 Å². The minimum absolute atomic E-state index is 0.0602. The van der Waals surface area contributed by atoms with Crippen molar-refractivity contribution in [2.24, 2.45) is 0 Å². The summed E-state index contributed by atoms with van der Waals surface area (Å²) in [5.74, 6) is -1.86. The van der Waals surface area contributed by atoms with Crippen molar-refractivity contribution in [3.05, 3.63) is 23.8 Å². The molecule has 1 aromatic carbocycles. The fraction of sp³-hybridized carbons (Fsp3) is 0.500. The first-order chi connectivity index (χ1) is 7.91. The molecule has 0 spiro atoms. The first-order valence-electron chi connectivity index (χ1n) is 5.61. The maximum absolute atomic E-state index is 13.7. The summed E-state index contributed by atoms with van der Waals surface area (Å²) in [5.41, 5.74) is 5.05. The molecule has 1 atom stereocenters. The number of rotatable bonds is 1. The van der Waals surface area contributed by atoms with Gasteiger partial charge in [-0.15, -0.1) is 0 Å². The van der Waals surface area contributed by atoms with E-state index in [1.165, 1.54) is 6.07 Å². The number of halogens is 2. The van der Waals surface area contributed by atoms with E-state index in [2.05, 4.69) is 0 Å². The number of anilines is 2. The predicted molar refractivity (Wildman–Crippen MR) is 62.8 cm³/mol. The molecule has 5 heteroatoms. The third-order valence-electron chi connectivity index (χ3n) is 3.09. The van der Waals surface area contributed by atoms with Gasteiger partial charge in [0.1, 0.15) is 0 Å². The van der Waals surface area contributed by atoms with Crippen LogP contribution in [-0.2, 0) is 0 Å². The Labute approximate surface area is 98.8 Å². The van der Waals surface area contributed by atoms with Crippen LogP contribution >= 0.6 is 0 Å². The van der Waals surface area contributed by atoms with Crippen LogP contribution in [0.4, 0.5) is 20.2 Å². The Kier molecular flexibility index (Phi) is 2.95. The monoisotopic (exact) mass is 242 g/mol. The summed E-state index contributed by atoms with van der Waals surface area (Å²) in [6.07, 6.45) is 1.38. The average molecular weight is 242 g/mol. The van der Waals surface area contributed by atoms with Crippen LogP contribution in [-0.4, -0.2) is 23.8 Å². The molecule has 1 aliphatic rings. The Hall–Kier alpha value is -1.36. The van der Waals surface area contributed by atoms with E-state index in [1.807, 2.05) is 0 Å². The summed E-state index contributed by atoms with van der Waals surface area (Å²) in [7, 11) is 0. The Morgan fingerprint density at radius 1 is 1.41 bits per heavy atom. The Balaban J connectivity index is 2.37. The highest BCUT2D eigenvalue weighted by Crippen LogP contribution is 2.33. The van der Waals surface area contributed by atoms with Gasteiger partial charge in [0.15, 0.2) is 11.6 Å². The standard InChI is InChI=1S/C12H16F2N2O/c1-12(17)5-2-6-16(7-12)11-9(15)4-3-8(13)10(11)14/h3-4,17H,2,5-7,15H2,1H3. The minimum Gasteiger partial charge on any atom is -0.397 e. The van der Waals surface area contributed by atoms with Crippen LogP contribution in [0, 0.1) is 11.6 Å². The van der Waals surface area contributed by atoms with Gasteiger partial charge in [0.25, 0.3) is 0 Å². The molecule has 0 aliphatic carbocycles. The van der Waals surface area contributed by atoms with Crippen molar-refractivity contribution >= 4 is 11.4 Å². The van der Waals surface area contributed by atoms with Gasteiger partial charge in [-0.2, -0.15) is 0 Å². The molecule has 1 fully saturated rings. The molecular formula is C12H16F2N2O. The third kappa shape index (κ3) is 2.34. The van der Waals surface area contributed by atoms with Gasteiger partial charge >= 0.3 is 0 Å². The van der Waals surface area contributed by atoms with E-state index < -0.39 is 17.2 Å². The van der Waals surface area contributed by atoms with Crippen molar-refractivity contribution < 1.29 is 13.9 Å². The maximum Gasteiger partial charge on any atom is 0.184 e. The number of nitrogen functional groups attached to an aromatic ring is 1. The Bertz CT molecular complexity index is 435. The number of hydrogen-bond donors (Lipinski definition) is 2. The molecule has 0 amide bonds. The zero-order valence-electron chi connectivity index (χ0n) is 9.71. The Morgan fingerprint density at radius 3 is 2.76 bits per heavy atom. The molecule has 0 bridgehead atoms. The lowest BCUT2D eigenvalue weighted by molar-refractivity contribution is 0.0448. The van der Waals surface area contributed by atoms with Gasteiger partial charge in [-0.1, -0.05) is 0 Å². The highest BCUT2D eigenvalue weighted by Gasteiger charge is 2.31. The van der Waals surface area contributed by atoms with Crippen LogP contribution in [0.5, 0.6) is 0 Å². The van der Waals surface area contributed by atoms with E-state index in [0.29, 0.717) is 13.0 Å². The van der Waals surface area contributed by atoms with Crippen LogP contribution in [0.25, 0.3) is 0 Å². The topological polar surface area (TPSA) is 49.5 Å². The third-order valence-corrected chi connectivity index (χ3v) is 3.09. The number of benzene rings is 1. The highest BCUT2D eigenvalue weighted by molar-refractivity contribution is 5.68. The van der Waals surface area contributed by atoms with Crippen molar-refractivity contribution in [1.29, 1.82) is 0 Å². The minimum atomic E-state index is -0.942. The lowest BCUT2D eigenvalue weighted by Crippen LogP contribution is -2.46. The molecule has 1 aliphatic heterocycles. The number of aliphatic hydroxyl groups is 1. The van der Waals surface area contributed by atoms with Crippen molar-refractivity contribution in [1.82, 2.24) is 0 Å². The van der Waals surface area contributed by atoms with E-state index >= 15 is 0 Å². The van der Waals surface area contributed by atoms with Gasteiger partial charge in [0.05, 0.1) is 17.0 Å². The number of piperidine rings is 1. The second kappa shape index (κ2) is 4.14. The summed E-state index contributed by atoms with van der Waals surface area (Å²) >= 11 is 0.